The van der Waals surface area contributed by atoms with E-state index in [2.05, 4.69) is 4.98 Å². The molecule has 0 radical (unpaired) electrons. The number of hydrogen-bond acceptors (Lipinski definition) is 4. The Morgan fingerprint density at radius 3 is 2.67 bits per heavy atom. The van der Waals surface area contributed by atoms with Gasteiger partial charge in [-0.05, 0) is 30.5 Å². The minimum absolute atomic E-state index is 0. The van der Waals surface area contributed by atoms with E-state index in [4.69, 9.17) is 5.73 Å². The molecule has 1 aliphatic rings. The average molecular weight is 314 g/mol. The minimum atomic E-state index is -3.17. The Balaban J connectivity index is 0.00000144. The van der Waals surface area contributed by atoms with Crippen LogP contribution < -0.4 is 10.0 Å². The molecule has 5 nitrogen and oxygen atoms in total. The van der Waals surface area contributed by atoms with E-state index in [1.165, 1.54) is 4.31 Å². The summed E-state index contributed by atoms with van der Waals surface area (Å²) in [5.41, 5.74) is 6.41. The number of halogens is 2. The van der Waals surface area contributed by atoms with Gasteiger partial charge >= 0.3 is 0 Å². The molecule has 1 aliphatic heterocycles. The van der Waals surface area contributed by atoms with E-state index < -0.39 is 10.0 Å². The summed E-state index contributed by atoms with van der Waals surface area (Å²) in [5.74, 6) is 0.698. The van der Waals surface area contributed by atoms with Crippen LogP contribution in [0.5, 0.6) is 0 Å². The predicted octanol–water partition coefficient (Wildman–Crippen LogP) is 1.31. The maximum atomic E-state index is 11.8. The normalized spacial score (nSPS) is 17.5. The maximum Gasteiger partial charge on any atom is 0.236 e. The van der Waals surface area contributed by atoms with Crippen molar-refractivity contribution in [1.82, 2.24) is 4.98 Å². The second-order valence-electron chi connectivity index (χ2n) is 3.82. The van der Waals surface area contributed by atoms with E-state index in [0.717, 1.165) is 18.4 Å². The fourth-order valence-corrected chi connectivity index (χ4v) is 3.35. The highest BCUT2D eigenvalue weighted by atomic mass is 35.5. The molecule has 0 spiro atoms. The molecule has 0 amide bonds. The van der Waals surface area contributed by atoms with Crippen molar-refractivity contribution in [3.05, 3.63) is 23.9 Å². The topological polar surface area (TPSA) is 76.3 Å². The fraction of sp³-hybridized carbons (Fsp3) is 0.500. The van der Waals surface area contributed by atoms with Crippen LogP contribution >= 0.6 is 24.8 Å². The van der Waals surface area contributed by atoms with Crippen molar-refractivity contribution in [2.45, 2.75) is 19.4 Å². The van der Waals surface area contributed by atoms with Gasteiger partial charge in [0.1, 0.15) is 5.82 Å². The molecule has 2 N–H and O–H groups in total. The smallest absolute Gasteiger partial charge is 0.236 e. The first-order valence-electron chi connectivity index (χ1n) is 5.29. The molecule has 0 bridgehead atoms. The van der Waals surface area contributed by atoms with Crippen LogP contribution in [0.4, 0.5) is 5.82 Å². The summed E-state index contributed by atoms with van der Waals surface area (Å²) in [6.07, 6.45) is 3.21. The van der Waals surface area contributed by atoms with E-state index in [0.29, 0.717) is 18.9 Å². The molecule has 0 aliphatic carbocycles. The van der Waals surface area contributed by atoms with Gasteiger partial charge in [-0.3, -0.25) is 4.31 Å². The Morgan fingerprint density at radius 2 is 2.06 bits per heavy atom. The van der Waals surface area contributed by atoms with Crippen LogP contribution in [0.3, 0.4) is 0 Å². The summed E-state index contributed by atoms with van der Waals surface area (Å²) in [6.45, 7) is 0.909. The van der Waals surface area contributed by atoms with Gasteiger partial charge in [-0.15, -0.1) is 24.8 Å². The zero-order chi connectivity index (χ0) is 11.6. The van der Waals surface area contributed by atoms with Crippen LogP contribution in [-0.2, 0) is 16.6 Å². The van der Waals surface area contributed by atoms with Crippen molar-refractivity contribution in [1.29, 1.82) is 0 Å². The van der Waals surface area contributed by atoms with Gasteiger partial charge in [0.15, 0.2) is 0 Å². The van der Waals surface area contributed by atoms with Crippen LogP contribution in [0.15, 0.2) is 18.3 Å². The molecule has 2 heterocycles. The molecule has 2 rings (SSSR count). The van der Waals surface area contributed by atoms with Gasteiger partial charge in [-0.25, -0.2) is 13.4 Å². The summed E-state index contributed by atoms with van der Waals surface area (Å²) >= 11 is 0. The summed E-state index contributed by atoms with van der Waals surface area (Å²) in [4.78, 5) is 4.10. The second kappa shape index (κ2) is 7.13. The van der Waals surface area contributed by atoms with Crippen LogP contribution in [0, 0.1) is 0 Å². The molecular formula is C10H17Cl2N3O2S. The highest BCUT2D eigenvalue weighted by Gasteiger charge is 2.26. The molecule has 1 aromatic rings. The lowest BCUT2D eigenvalue weighted by atomic mass is 10.2. The molecule has 0 aromatic carbocycles. The van der Waals surface area contributed by atoms with Crippen molar-refractivity contribution in [2.24, 2.45) is 5.73 Å². The van der Waals surface area contributed by atoms with Gasteiger partial charge in [0, 0.05) is 19.3 Å². The molecule has 0 saturated carbocycles. The summed E-state index contributed by atoms with van der Waals surface area (Å²) < 4.78 is 25.1. The third-order valence-corrected chi connectivity index (χ3v) is 4.50. The molecule has 1 saturated heterocycles. The number of anilines is 1. The van der Waals surface area contributed by atoms with Crippen molar-refractivity contribution < 1.29 is 8.42 Å². The first kappa shape index (κ1) is 17.4. The van der Waals surface area contributed by atoms with Gasteiger partial charge in [-0.2, -0.15) is 0 Å². The van der Waals surface area contributed by atoms with E-state index in [-0.39, 0.29) is 30.6 Å². The second-order valence-corrected chi connectivity index (χ2v) is 5.83. The number of rotatable bonds is 2. The van der Waals surface area contributed by atoms with Gasteiger partial charge in [0.05, 0.1) is 5.75 Å². The lowest BCUT2D eigenvalue weighted by molar-refractivity contribution is 0.573. The SMILES string of the molecule is Cl.Cl.NCc1ccnc(N2CCCCS2(=O)=O)c1. The first-order valence-corrected chi connectivity index (χ1v) is 6.90. The molecule has 1 aromatic heterocycles. The van der Waals surface area contributed by atoms with Crippen molar-refractivity contribution in [3.8, 4) is 0 Å². The van der Waals surface area contributed by atoms with Gasteiger partial charge < -0.3 is 5.73 Å². The van der Waals surface area contributed by atoms with E-state index >= 15 is 0 Å². The van der Waals surface area contributed by atoms with Crippen LogP contribution in [-0.4, -0.2) is 25.7 Å². The van der Waals surface area contributed by atoms with E-state index in [1.54, 1.807) is 18.3 Å². The fourth-order valence-electron chi connectivity index (χ4n) is 1.77. The van der Waals surface area contributed by atoms with Crippen LogP contribution in [0.25, 0.3) is 0 Å². The van der Waals surface area contributed by atoms with Gasteiger partial charge in [-0.1, -0.05) is 0 Å². The number of nitrogens with two attached hydrogens (primary N) is 1. The Morgan fingerprint density at radius 1 is 1.33 bits per heavy atom. The number of hydrogen-bond donors (Lipinski definition) is 1. The zero-order valence-electron chi connectivity index (χ0n) is 9.78. The summed E-state index contributed by atoms with van der Waals surface area (Å²) in [7, 11) is -3.17. The number of pyridine rings is 1. The van der Waals surface area contributed by atoms with Crippen LogP contribution in [0.2, 0.25) is 0 Å². The molecule has 104 valence electrons. The standard InChI is InChI=1S/C10H15N3O2S.2ClH/c11-8-9-3-4-12-10(7-9)13-5-1-2-6-16(13,14)15;;/h3-4,7H,1-2,5-6,8,11H2;2*1H. The van der Waals surface area contributed by atoms with E-state index in [1.807, 2.05) is 0 Å². The summed E-state index contributed by atoms with van der Waals surface area (Å²) in [5, 5.41) is 0. The Bertz CT molecular complexity index is 482. The molecule has 1 fully saturated rings. The monoisotopic (exact) mass is 313 g/mol. The average Bonchev–Trinajstić information content (AvgIpc) is 2.28. The van der Waals surface area contributed by atoms with Crippen molar-refractivity contribution in [2.75, 3.05) is 16.6 Å². The maximum absolute atomic E-state index is 11.8. The quantitative estimate of drug-likeness (QED) is 0.893. The Hall–Kier alpha value is -0.560. The number of nitrogens with zero attached hydrogens (tertiary/aromatic N) is 2. The third-order valence-electron chi connectivity index (χ3n) is 2.65. The first-order chi connectivity index (χ1) is 7.63. The van der Waals surface area contributed by atoms with Gasteiger partial charge in [0.25, 0.3) is 0 Å². The Labute approximate surface area is 120 Å². The molecule has 18 heavy (non-hydrogen) atoms. The molecular weight excluding hydrogens is 297 g/mol. The Kier molecular flexibility index (Phi) is 6.91. The zero-order valence-corrected chi connectivity index (χ0v) is 12.2. The van der Waals surface area contributed by atoms with Crippen molar-refractivity contribution in [3.63, 3.8) is 0 Å². The van der Waals surface area contributed by atoms with E-state index in [9.17, 15) is 8.42 Å². The van der Waals surface area contributed by atoms with Gasteiger partial charge in [0.2, 0.25) is 10.0 Å². The molecule has 0 atom stereocenters. The summed E-state index contributed by atoms with van der Waals surface area (Å²) in [6, 6.07) is 3.53. The third kappa shape index (κ3) is 3.71. The number of sulfonamides is 1. The lowest BCUT2D eigenvalue weighted by Crippen LogP contribution is -2.38. The highest BCUT2D eigenvalue weighted by Crippen LogP contribution is 2.21. The van der Waals surface area contributed by atoms with Crippen molar-refractivity contribution >= 4 is 40.7 Å². The molecule has 8 heteroatoms. The predicted molar refractivity (Wildman–Crippen MR) is 77.0 cm³/mol. The molecule has 0 unspecified atom stereocenters. The highest BCUT2D eigenvalue weighted by molar-refractivity contribution is 7.92. The lowest BCUT2D eigenvalue weighted by Gasteiger charge is -2.27. The number of aromatic nitrogens is 1. The van der Waals surface area contributed by atoms with Crippen LogP contribution in [0.1, 0.15) is 18.4 Å². The largest absolute Gasteiger partial charge is 0.326 e. The minimum Gasteiger partial charge on any atom is -0.326 e.